The highest BCUT2D eigenvalue weighted by molar-refractivity contribution is 4.87. The Morgan fingerprint density at radius 2 is 1.77 bits per heavy atom. The van der Waals surface area contributed by atoms with Gasteiger partial charge < -0.3 is 0 Å². The summed E-state index contributed by atoms with van der Waals surface area (Å²) in [5.41, 5.74) is 0. The quantitative estimate of drug-likeness (QED) is 0.639. The van der Waals surface area contributed by atoms with Gasteiger partial charge in [0.05, 0.1) is 6.67 Å². The number of hydrogen-bond donors (Lipinski definition) is 0. The summed E-state index contributed by atoms with van der Waals surface area (Å²) in [5.74, 6) is 1.29. The summed E-state index contributed by atoms with van der Waals surface area (Å²) in [6, 6.07) is 0.791. The van der Waals surface area contributed by atoms with Crippen molar-refractivity contribution in [3.8, 4) is 0 Å². The maximum atomic E-state index is 12.2. The van der Waals surface area contributed by atoms with Gasteiger partial charge in [-0.25, -0.2) is 0 Å². The number of halogens is 1. The first-order chi connectivity index (χ1) is 6.29. The van der Waals surface area contributed by atoms with Gasteiger partial charge in [0, 0.05) is 25.0 Å². The monoisotopic (exact) mass is 185 g/mol. The maximum Gasteiger partial charge on any atom is 0.0947 e. The van der Waals surface area contributed by atoms with Gasteiger partial charge in [0.15, 0.2) is 0 Å². The first-order valence-corrected chi connectivity index (χ1v) is 5.59. The van der Waals surface area contributed by atoms with Gasteiger partial charge in [-0.05, 0) is 31.6 Å². The van der Waals surface area contributed by atoms with Crippen LogP contribution in [0.1, 0.15) is 32.6 Å². The molecule has 1 aliphatic carbocycles. The van der Waals surface area contributed by atoms with Crippen molar-refractivity contribution in [2.45, 2.75) is 38.6 Å². The molecule has 13 heavy (non-hydrogen) atoms. The Morgan fingerprint density at radius 1 is 1.15 bits per heavy atom. The molecule has 1 saturated carbocycles. The molecule has 2 rings (SSSR count). The predicted molar refractivity (Wildman–Crippen MR) is 52.5 cm³/mol. The van der Waals surface area contributed by atoms with Crippen molar-refractivity contribution in [2.75, 3.05) is 19.8 Å². The van der Waals surface area contributed by atoms with Gasteiger partial charge in [0.25, 0.3) is 0 Å². The molecule has 0 atom stereocenters. The molecule has 0 spiro atoms. The van der Waals surface area contributed by atoms with Crippen LogP contribution in [0.25, 0.3) is 0 Å². The van der Waals surface area contributed by atoms with Gasteiger partial charge in [-0.2, -0.15) is 0 Å². The highest BCUT2D eigenvalue weighted by Gasteiger charge is 2.33. The lowest BCUT2D eigenvalue weighted by atomic mass is 9.84. The van der Waals surface area contributed by atoms with Gasteiger partial charge in [0.1, 0.15) is 0 Å². The normalized spacial score (nSPS) is 37.4. The second-order valence-electron chi connectivity index (χ2n) is 4.89. The molecular weight excluding hydrogens is 165 g/mol. The van der Waals surface area contributed by atoms with Crippen LogP contribution in [-0.2, 0) is 0 Å². The van der Waals surface area contributed by atoms with Crippen molar-refractivity contribution in [3.05, 3.63) is 0 Å². The van der Waals surface area contributed by atoms with E-state index < -0.39 is 0 Å². The van der Waals surface area contributed by atoms with Gasteiger partial charge in [-0.1, -0.05) is 6.92 Å². The highest BCUT2D eigenvalue weighted by Crippen LogP contribution is 2.31. The van der Waals surface area contributed by atoms with Crippen LogP contribution in [0.2, 0.25) is 0 Å². The summed E-state index contributed by atoms with van der Waals surface area (Å²) in [6.45, 7) is 4.28. The van der Waals surface area contributed by atoms with Gasteiger partial charge in [0.2, 0.25) is 0 Å². The summed E-state index contributed by atoms with van der Waals surface area (Å²) in [7, 11) is 0. The fourth-order valence-corrected chi connectivity index (χ4v) is 2.61. The van der Waals surface area contributed by atoms with Crippen molar-refractivity contribution >= 4 is 0 Å². The fraction of sp³-hybridized carbons (Fsp3) is 1.00. The van der Waals surface area contributed by atoms with Gasteiger partial charge in [-0.3, -0.25) is 9.29 Å². The Kier molecular flexibility index (Phi) is 2.87. The Bertz CT molecular complexity index is 157. The molecule has 1 aliphatic heterocycles. The average molecular weight is 185 g/mol. The van der Waals surface area contributed by atoms with Crippen molar-refractivity contribution in [3.63, 3.8) is 0 Å². The third kappa shape index (κ3) is 2.04. The lowest BCUT2D eigenvalue weighted by molar-refractivity contribution is 0.0184. The van der Waals surface area contributed by atoms with Crippen molar-refractivity contribution in [1.29, 1.82) is 0 Å². The van der Waals surface area contributed by atoms with Crippen LogP contribution in [0.15, 0.2) is 0 Å². The van der Waals surface area contributed by atoms with E-state index in [9.17, 15) is 4.39 Å². The van der Waals surface area contributed by atoms with E-state index in [0.29, 0.717) is 5.92 Å². The summed E-state index contributed by atoms with van der Waals surface area (Å²) in [4.78, 5) is 2.48. The number of hydrogen-bond acceptors (Lipinski definition) is 1. The first-order valence-electron chi connectivity index (χ1n) is 5.59. The van der Waals surface area contributed by atoms with E-state index in [1.54, 1.807) is 0 Å². The van der Waals surface area contributed by atoms with E-state index in [0.717, 1.165) is 25.0 Å². The van der Waals surface area contributed by atoms with Gasteiger partial charge in [-0.15, -0.1) is 0 Å². The molecule has 76 valence electrons. The highest BCUT2D eigenvalue weighted by atomic mass is 19.1. The SMILES string of the molecule is C[C@H]1CC[C@H](N2CC(CF)C2)CC1. The lowest BCUT2D eigenvalue weighted by Gasteiger charge is -2.45. The van der Waals surface area contributed by atoms with Crippen LogP contribution >= 0.6 is 0 Å². The third-order valence-electron chi connectivity index (χ3n) is 3.71. The van der Waals surface area contributed by atoms with Crippen molar-refractivity contribution in [1.82, 2.24) is 4.90 Å². The summed E-state index contributed by atoms with van der Waals surface area (Å²) in [6.07, 6.45) is 5.45. The number of nitrogens with zero attached hydrogens (tertiary/aromatic N) is 1. The molecule has 0 radical (unpaired) electrons. The Labute approximate surface area is 80.3 Å². The van der Waals surface area contributed by atoms with E-state index >= 15 is 0 Å². The minimum atomic E-state index is -0.111. The zero-order valence-electron chi connectivity index (χ0n) is 8.51. The number of likely N-dealkylation sites (tertiary alicyclic amines) is 1. The van der Waals surface area contributed by atoms with Crippen LogP contribution in [-0.4, -0.2) is 30.7 Å². The molecule has 0 aromatic rings. The van der Waals surface area contributed by atoms with E-state index in [4.69, 9.17) is 0 Å². The van der Waals surface area contributed by atoms with E-state index in [2.05, 4.69) is 11.8 Å². The molecule has 2 fully saturated rings. The third-order valence-corrected chi connectivity index (χ3v) is 3.71. The number of alkyl halides is 1. The van der Waals surface area contributed by atoms with Crippen LogP contribution in [0, 0.1) is 11.8 Å². The second-order valence-corrected chi connectivity index (χ2v) is 4.89. The Balaban J connectivity index is 1.71. The van der Waals surface area contributed by atoms with Crippen molar-refractivity contribution in [2.24, 2.45) is 11.8 Å². The molecule has 1 nitrogen and oxygen atoms in total. The fourth-order valence-electron chi connectivity index (χ4n) is 2.61. The average Bonchev–Trinajstić information content (AvgIpc) is 2.06. The zero-order valence-corrected chi connectivity index (χ0v) is 8.51. The molecular formula is C11H20FN. The molecule has 0 N–H and O–H groups in total. The summed E-state index contributed by atoms with van der Waals surface area (Å²) >= 11 is 0. The topological polar surface area (TPSA) is 3.24 Å². The summed E-state index contributed by atoms with van der Waals surface area (Å²) in [5, 5.41) is 0. The zero-order chi connectivity index (χ0) is 9.26. The van der Waals surface area contributed by atoms with E-state index in [1.165, 1.54) is 25.7 Å². The molecule has 1 heterocycles. The predicted octanol–water partition coefficient (Wildman–Crippen LogP) is 2.47. The Morgan fingerprint density at radius 3 is 2.31 bits per heavy atom. The standard InChI is InChI=1S/C11H20FN/c1-9-2-4-11(5-3-9)13-7-10(6-12)8-13/h9-11H,2-8H2,1H3/t9-,11-. The minimum Gasteiger partial charge on any atom is -0.300 e. The minimum absolute atomic E-state index is 0.111. The second kappa shape index (κ2) is 3.95. The maximum absolute atomic E-state index is 12.2. The largest absolute Gasteiger partial charge is 0.300 e. The molecule has 0 aromatic heterocycles. The van der Waals surface area contributed by atoms with Crippen molar-refractivity contribution < 1.29 is 4.39 Å². The molecule has 2 aliphatic rings. The van der Waals surface area contributed by atoms with Gasteiger partial charge >= 0.3 is 0 Å². The number of rotatable bonds is 2. The van der Waals surface area contributed by atoms with Crippen LogP contribution in [0.5, 0.6) is 0 Å². The smallest absolute Gasteiger partial charge is 0.0947 e. The van der Waals surface area contributed by atoms with Crippen LogP contribution in [0.4, 0.5) is 4.39 Å². The van der Waals surface area contributed by atoms with E-state index in [1.807, 2.05) is 0 Å². The molecule has 0 amide bonds. The molecule has 0 aromatic carbocycles. The van der Waals surface area contributed by atoms with Crippen LogP contribution in [0.3, 0.4) is 0 Å². The van der Waals surface area contributed by atoms with E-state index in [-0.39, 0.29) is 6.67 Å². The Hall–Kier alpha value is -0.110. The molecule has 2 heteroatoms. The lowest BCUT2D eigenvalue weighted by Crippen LogP contribution is -2.53. The van der Waals surface area contributed by atoms with Crippen LogP contribution < -0.4 is 0 Å². The molecule has 1 saturated heterocycles. The molecule has 0 bridgehead atoms. The molecule has 0 unspecified atom stereocenters. The first kappa shape index (κ1) is 9.45. The summed E-state index contributed by atoms with van der Waals surface area (Å²) < 4.78 is 12.2.